The van der Waals surface area contributed by atoms with Gasteiger partial charge in [-0.2, -0.15) is 4.68 Å². The fourth-order valence-corrected chi connectivity index (χ4v) is 4.24. The van der Waals surface area contributed by atoms with Gasteiger partial charge in [0.05, 0.1) is 25.5 Å². The number of para-hydroxylation sites is 1. The fraction of sp³-hybridized carbons (Fsp3) is 0.333. The Labute approximate surface area is 178 Å². The van der Waals surface area contributed by atoms with Gasteiger partial charge >= 0.3 is 5.97 Å². The zero-order valence-corrected chi connectivity index (χ0v) is 17.4. The maximum absolute atomic E-state index is 12.3. The maximum Gasteiger partial charge on any atom is 0.340 e. The quantitative estimate of drug-likeness (QED) is 0.581. The minimum absolute atomic E-state index is 0.152. The Bertz CT molecular complexity index is 1160. The lowest BCUT2D eigenvalue weighted by atomic mass is 9.90. The molecule has 0 amide bonds. The molecule has 0 saturated heterocycles. The zero-order chi connectivity index (χ0) is 21.5. The number of hydrogen-bond acceptors (Lipinski definition) is 9. The molecule has 0 aliphatic carbocycles. The van der Waals surface area contributed by atoms with Crippen LogP contribution in [-0.2, 0) is 11.2 Å². The van der Waals surface area contributed by atoms with E-state index in [2.05, 4.69) is 20.4 Å². The van der Waals surface area contributed by atoms with Crippen molar-refractivity contribution in [2.45, 2.75) is 12.5 Å². The minimum atomic E-state index is -0.463. The molecule has 3 aromatic rings. The molecule has 2 aliphatic heterocycles. The number of carbonyl (C=O) groups excluding carboxylic acids is 1. The van der Waals surface area contributed by atoms with E-state index in [4.69, 9.17) is 18.9 Å². The van der Waals surface area contributed by atoms with Gasteiger partial charge in [0.1, 0.15) is 6.04 Å². The number of tetrazole rings is 1. The predicted octanol–water partition coefficient (Wildman–Crippen LogP) is 1.76. The largest absolute Gasteiger partial charge is 0.492 e. The molecule has 1 atom stereocenters. The molecule has 10 nitrogen and oxygen atoms in total. The van der Waals surface area contributed by atoms with Crippen molar-refractivity contribution in [3.63, 3.8) is 0 Å². The Morgan fingerprint density at radius 3 is 2.87 bits per heavy atom. The van der Waals surface area contributed by atoms with Crippen molar-refractivity contribution in [1.29, 1.82) is 0 Å². The van der Waals surface area contributed by atoms with Crippen LogP contribution >= 0.6 is 0 Å². The summed E-state index contributed by atoms with van der Waals surface area (Å²) in [5, 5.41) is 12.5. The predicted molar refractivity (Wildman–Crippen MR) is 108 cm³/mol. The number of esters is 1. The van der Waals surface area contributed by atoms with E-state index in [1.54, 1.807) is 30.0 Å². The first-order chi connectivity index (χ1) is 15.1. The number of ether oxygens (including phenoxy) is 4. The van der Waals surface area contributed by atoms with Crippen LogP contribution in [0.2, 0.25) is 0 Å². The molecule has 31 heavy (non-hydrogen) atoms. The third-order valence-corrected chi connectivity index (χ3v) is 5.67. The van der Waals surface area contributed by atoms with E-state index >= 15 is 0 Å². The Kier molecular flexibility index (Phi) is 4.70. The molecule has 1 aromatic heterocycles. The van der Waals surface area contributed by atoms with E-state index in [1.807, 2.05) is 19.2 Å². The van der Waals surface area contributed by atoms with Crippen molar-refractivity contribution in [2.75, 3.05) is 34.6 Å². The van der Waals surface area contributed by atoms with Gasteiger partial charge in [-0.15, -0.1) is 5.10 Å². The van der Waals surface area contributed by atoms with Crippen molar-refractivity contribution < 1.29 is 23.7 Å². The number of benzene rings is 2. The number of fused-ring (bicyclic) bond motifs is 2. The average molecular weight is 423 g/mol. The SMILES string of the molecule is COC(=O)c1ccccc1-n1nnnc1[C@@H]1c2c(cc3c(c2OC)OCO3)CCN1C. The summed E-state index contributed by atoms with van der Waals surface area (Å²) in [5.41, 5.74) is 2.91. The third-order valence-electron chi connectivity index (χ3n) is 5.67. The van der Waals surface area contributed by atoms with Crippen LogP contribution in [0.25, 0.3) is 5.69 Å². The van der Waals surface area contributed by atoms with Crippen LogP contribution in [0.1, 0.15) is 33.4 Å². The molecule has 0 saturated carbocycles. The van der Waals surface area contributed by atoms with Gasteiger partial charge in [-0.05, 0) is 47.7 Å². The topological polar surface area (TPSA) is 101 Å². The minimum Gasteiger partial charge on any atom is -0.492 e. The number of likely N-dealkylation sites (N-methyl/N-ethyl adjacent to an activating group) is 1. The number of nitrogens with zero attached hydrogens (tertiary/aromatic N) is 5. The molecular weight excluding hydrogens is 402 g/mol. The summed E-state index contributed by atoms with van der Waals surface area (Å²) in [5.74, 6) is 1.95. The molecule has 2 aromatic carbocycles. The number of rotatable bonds is 4. The van der Waals surface area contributed by atoms with Gasteiger partial charge in [-0.25, -0.2) is 4.79 Å². The molecule has 0 bridgehead atoms. The molecule has 10 heteroatoms. The number of hydrogen-bond donors (Lipinski definition) is 0. The Morgan fingerprint density at radius 2 is 2.06 bits per heavy atom. The lowest BCUT2D eigenvalue weighted by molar-refractivity contribution is 0.0600. The first kappa shape index (κ1) is 19.3. The van der Waals surface area contributed by atoms with Crippen molar-refractivity contribution in [3.8, 4) is 22.9 Å². The van der Waals surface area contributed by atoms with Crippen LogP contribution in [-0.4, -0.2) is 65.7 Å². The summed E-state index contributed by atoms with van der Waals surface area (Å²) >= 11 is 0. The molecule has 0 unspecified atom stereocenters. The zero-order valence-electron chi connectivity index (χ0n) is 17.4. The van der Waals surface area contributed by atoms with E-state index in [-0.39, 0.29) is 12.8 Å². The van der Waals surface area contributed by atoms with Crippen molar-refractivity contribution >= 4 is 5.97 Å². The highest BCUT2D eigenvalue weighted by atomic mass is 16.7. The first-order valence-electron chi connectivity index (χ1n) is 9.79. The number of carbonyl (C=O) groups is 1. The summed E-state index contributed by atoms with van der Waals surface area (Å²) in [6.07, 6.45) is 0.815. The van der Waals surface area contributed by atoms with E-state index in [0.29, 0.717) is 34.3 Å². The van der Waals surface area contributed by atoms with Crippen LogP contribution < -0.4 is 14.2 Å². The monoisotopic (exact) mass is 423 g/mol. The Hall–Kier alpha value is -3.66. The van der Waals surface area contributed by atoms with Crippen LogP contribution in [0.5, 0.6) is 17.2 Å². The molecule has 160 valence electrons. The van der Waals surface area contributed by atoms with Gasteiger partial charge in [-0.1, -0.05) is 12.1 Å². The summed E-state index contributed by atoms with van der Waals surface area (Å²) in [4.78, 5) is 14.5. The molecule has 0 spiro atoms. The van der Waals surface area contributed by atoms with Gasteiger partial charge in [-0.3, -0.25) is 4.90 Å². The molecule has 5 rings (SSSR count). The van der Waals surface area contributed by atoms with Gasteiger partial charge < -0.3 is 18.9 Å². The Balaban J connectivity index is 1.70. The lowest BCUT2D eigenvalue weighted by Gasteiger charge is -2.34. The molecule has 2 aliphatic rings. The lowest BCUT2D eigenvalue weighted by Crippen LogP contribution is -2.35. The van der Waals surface area contributed by atoms with E-state index < -0.39 is 5.97 Å². The third kappa shape index (κ3) is 2.98. The molecule has 3 heterocycles. The molecular formula is C21H21N5O5. The Morgan fingerprint density at radius 1 is 1.23 bits per heavy atom. The highest BCUT2D eigenvalue weighted by Gasteiger charge is 2.38. The molecule has 0 fully saturated rings. The van der Waals surface area contributed by atoms with Gasteiger partial charge in [0.25, 0.3) is 0 Å². The summed E-state index contributed by atoms with van der Waals surface area (Å²) in [6, 6.07) is 8.73. The highest BCUT2D eigenvalue weighted by molar-refractivity contribution is 5.93. The smallest absolute Gasteiger partial charge is 0.340 e. The van der Waals surface area contributed by atoms with Gasteiger partial charge in [0.2, 0.25) is 12.5 Å². The normalized spacial score (nSPS) is 17.3. The van der Waals surface area contributed by atoms with Crippen LogP contribution in [0.4, 0.5) is 0 Å². The summed E-state index contributed by atoms with van der Waals surface area (Å²) < 4.78 is 23.6. The molecule has 0 radical (unpaired) electrons. The maximum atomic E-state index is 12.3. The second-order valence-electron chi connectivity index (χ2n) is 7.31. The standard InChI is InChI=1S/C21H21N5O5/c1-25-9-8-12-10-15-18(31-11-30-15)19(28-2)16(12)17(25)20-22-23-24-26(20)14-7-5-4-6-13(14)21(27)29-3/h4-7,10,17H,8-9,11H2,1-3H3/t17-/m0/s1. The number of aromatic nitrogens is 4. The fourth-order valence-electron chi connectivity index (χ4n) is 4.24. The van der Waals surface area contributed by atoms with Crippen LogP contribution in [0, 0.1) is 0 Å². The van der Waals surface area contributed by atoms with E-state index in [1.165, 1.54) is 7.11 Å². The van der Waals surface area contributed by atoms with Crippen molar-refractivity contribution in [1.82, 2.24) is 25.1 Å². The highest BCUT2D eigenvalue weighted by Crippen LogP contribution is 2.50. The van der Waals surface area contributed by atoms with Crippen LogP contribution in [0.15, 0.2) is 30.3 Å². The van der Waals surface area contributed by atoms with E-state index in [0.717, 1.165) is 24.1 Å². The summed E-state index contributed by atoms with van der Waals surface area (Å²) in [7, 11) is 4.96. The second kappa shape index (κ2) is 7.55. The number of methoxy groups -OCH3 is 2. The second-order valence-corrected chi connectivity index (χ2v) is 7.31. The summed E-state index contributed by atoms with van der Waals surface area (Å²) in [6.45, 7) is 0.936. The van der Waals surface area contributed by atoms with Crippen LogP contribution in [0.3, 0.4) is 0 Å². The molecule has 0 N–H and O–H groups in total. The average Bonchev–Trinajstić information content (AvgIpc) is 3.46. The van der Waals surface area contributed by atoms with Crippen molar-refractivity contribution in [3.05, 3.63) is 52.8 Å². The van der Waals surface area contributed by atoms with Crippen molar-refractivity contribution in [2.24, 2.45) is 0 Å². The van der Waals surface area contributed by atoms with E-state index in [9.17, 15) is 4.79 Å². The first-order valence-corrected chi connectivity index (χ1v) is 9.79. The van der Waals surface area contributed by atoms with Gasteiger partial charge in [0.15, 0.2) is 17.3 Å². The van der Waals surface area contributed by atoms with Gasteiger partial charge in [0, 0.05) is 12.1 Å².